The molecule has 1 amide bonds. The van der Waals surface area contributed by atoms with Crippen molar-refractivity contribution in [2.45, 2.75) is 38.6 Å². The summed E-state index contributed by atoms with van der Waals surface area (Å²) < 4.78 is 20.7. The lowest BCUT2D eigenvalue weighted by molar-refractivity contribution is -0.123. The number of Topliss-reactive ketones (excluding diaryl/α,β-unsaturated/α-hetero) is 1. The third-order valence-corrected chi connectivity index (χ3v) is 8.42. The molecule has 0 unspecified atom stereocenters. The first-order chi connectivity index (χ1) is 19.8. The third kappa shape index (κ3) is 4.65. The molecule has 2 aromatic carbocycles. The van der Waals surface area contributed by atoms with Crippen LogP contribution in [-0.4, -0.2) is 63.6 Å². The van der Waals surface area contributed by atoms with E-state index < -0.39 is 5.54 Å². The number of benzene rings is 2. The van der Waals surface area contributed by atoms with Crippen molar-refractivity contribution in [3.05, 3.63) is 89.6 Å². The van der Waals surface area contributed by atoms with Gasteiger partial charge in [0.2, 0.25) is 0 Å². The molecule has 2 aliphatic rings. The summed E-state index contributed by atoms with van der Waals surface area (Å²) in [5.41, 5.74) is 5.09. The van der Waals surface area contributed by atoms with Gasteiger partial charge in [-0.3, -0.25) is 14.6 Å². The van der Waals surface area contributed by atoms with Gasteiger partial charge >= 0.3 is 0 Å². The predicted molar refractivity (Wildman–Crippen MR) is 154 cm³/mol. The molecule has 4 aromatic rings. The van der Waals surface area contributed by atoms with Gasteiger partial charge in [-0.05, 0) is 92.4 Å². The van der Waals surface area contributed by atoms with Gasteiger partial charge in [-0.2, -0.15) is 5.10 Å². The molecule has 6 rings (SSSR count). The summed E-state index contributed by atoms with van der Waals surface area (Å²) in [7, 11) is 1.66. The highest BCUT2D eigenvalue weighted by Gasteiger charge is 2.51. The van der Waals surface area contributed by atoms with Crippen molar-refractivity contribution in [3.8, 4) is 22.7 Å². The minimum atomic E-state index is -0.628. The molecule has 0 aliphatic carbocycles. The molecule has 1 spiro atoms. The minimum absolute atomic E-state index is 0.190. The number of nitrogens with zero attached hydrogens (tertiary/aromatic N) is 5. The third-order valence-electron chi connectivity index (χ3n) is 8.42. The number of methoxy groups -OCH3 is 1. The number of ether oxygens (including phenoxy) is 1. The number of rotatable bonds is 5. The molecule has 210 valence electrons. The molecule has 0 N–H and O–H groups in total. The molecule has 0 saturated carbocycles. The van der Waals surface area contributed by atoms with Crippen LogP contribution < -0.4 is 9.64 Å². The van der Waals surface area contributed by atoms with E-state index in [-0.39, 0.29) is 17.5 Å². The lowest BCUT2D eigenvalue weighted by atomic mass is 9.83. The summed E-state index contributed by atoms with van der Waals surface area (Å²) in [6.45, 7) is 5.67. The van der Waals surface area contributed by atoms with Gasteiger partial charge in [0.15, 0.2) is 11.5 Å². The van der Waals surface area contributed by atoms with Crippen molar-refractivity contribution >= 4 is 17.4 Å². The van der Waals surface area contributed by atoms with Crippen LogP contribution >= 0.6 is 0 Å². The lowest BCUT2D eigenvalue weighted by Gasteiger charge is -2.45. The summed E-state index contributed by atoms with van der Waals surface area (Å²) in [6, 6.07) is 15.5. The van der Waals surface area contributed by atoms with Crippen LogP contribution in [0.1, 0.15) is 40.9 Å². The fourth-order valence-electron chi connectivity index (χ4n) is 6.38. The fourth-order valence-corrected chi connectivity index (χ4v) is 6.38. The van der Waals surface area contributed by atoms with Crippen LogP contribution in [0.15, 0.2) is 67.0 Å². The molecule has 41 heavy (non-hydrogen) atoms. The maximum Gasteiger partial charge on any atom is 0.274 e. The van der Waals surface area contributed by atoms with E-state index in [9.17, 15) is 14.0 Å². The Kier molecular flexibility index (Phi) is 6.81. The number of aryl methyl sites for hydroxylation is 2. The van der Waals surface area contributed by atoms with E-state index in [0.29, 0.717) is 56.0 Å². The Morgan fingerprint density at radius 3 is 2.24 bits per heavy atom. The van der Waals surface area contributed by atoms with Crippen molar-refractivity contribution in [1.82, 2.24) is 19.7 Å². The van der Waals surface area contributed by atoms with Crippen molar-refractivity contribution in [3.63, 3.8) is 0 Å². The molecule has 0 atom stereocenters. The van der Waals surface area contributed by atoms with Gasteiger partial charge in [-0.25, -0.2) is 9.07 Å². The molecule has 9 heteroatoms. The van der Waals surface area contributed by atoms with Gasteiger partial charge in [0.05, 0.1) is 18.5 Å². The zero-order valence-electron chi connectivity index (χ0n) is 23.4. The Morgan fingerprint density at radius 2 is 1.61 bits per heavy atom. The number of ketones is 1. The van der Waals surface area contributed by atoms with Crippen molar-refractivity contribution in [1.29, 1.82) is 0 Å². The zero-order valence-corrected chi connectivity index (χ0v) is 23.4. The average Bonchev–Trinajstić information content (AvgIpc) is 3.56. The Balaban J connectivity index is 1.27. The summed E-state index contributed by atoms with van der Waals surface area (Å²) in [4.78, 5) is 35.3. The second-order valence-electron chi connectivity index (χ2n) is 10.8. The van der Waals surface area contributed by atoms with Crippen LogP contribution in [0.4, 0.5) is 10.1 Å². The second-order valence-corrected chi connectivity index (χ2v) is 10.8. The van der Waals surface area contributed by atoms with Gasteiger partial charge in [0, 0.05) is 49.7 Å². The smallest absolute Gasteiger partial charge is 0.274 e. The monoisotopic (exact) mass is 553 g/mol. The van der Waals surface area contributed by atoms with Crippen molar-refractivity contribution in [2.75, 3.05) is 31.6 Å². The Labute approximate surface area is 238 Å². The van der Waals surface area contributed by atoms with Crippen molar-refractivity contribution in [2.24, 2.45) is 0 Å². The molecular formula is C32H32FN5O3. The van der Waals surface area contributed by atoms with E-state index in [0.717, 1.165) is 28.1 Å². The largest absolute Gasteiger partial charge is 0.497 e. The molecule has 2 aliphatic heterocycles. The Hall–Kier alpha value is -4.53. The number of anilines is 1. The highest BCUT2D eigenvalue weighted by molar-refractivity contribution is 5.97. The number of carbonyl (C=O) groups is 2. The SMILES string of the molecule is COc1cc(C)c(N2CCC(=O)C23CCN(C(=O)c2cc(-c4ccncc4)n(-c4ccc(F)cc4)n2)CC3)c(C)c1. The van der Waals surface area contributed by atoms with Gasteiger partial charge in [0.25, 0.3) is 5.91 Å². The molecule has 0 radical (unpaired) electrons. The lowest BCUT2D eigenvalue weighted by Crippen LogP contribution is -2.57. The number of halogens is 1. The van der Waals surface area contributed by atoms with Crippen LogP contribution in [0.3, 0.4) is 0 Å². The summed E-state index contributed by atoms with van der Waals surface area (Å²) in [5, 5.41) is 4.66. The van der Waals surface area contributed by atoms with Crippen LogP contribution in [-0.2, 0) is 4.79 Å². The van der Waals surface area contributed by atoms with E-state index >= 15 is 0 Å². The molecule has 2 aromatic heterocycles. The number of aromatic nitrogens is 3. The number of piperidine rings is 1. The quantitative estimate of drug-likeness (QED) is 0.340. The van der Waals surface area contributed by atoms with E-state index in [4.69, 9.17) is 4.74 Å². The number of hydrogen-bond acceptors (Lipinski definition) is 6. The van der Waals surface area contributed by atoms with Crippen LogP contribution in [0.2, 0.25) is 0 Å². The van der Waals surface area contributed by atoms with Gasteiger partial charge < -0.3 is 14.5 Å². The number of hydrogen-bond donors (Lipinski definition) is 0. The number of likely N-dealkylation sites (tertiary alicyclic amines) is 1. The molecule has 4 heterocycles. The summed E-state index contributed by atoms with van der Waals surface area (Å²) in [6.07, 6.45) is 4.96. The van der Waals surface area contributed by atoms with Crippen molar-refractivity contribution < 1.29 is 18.7 Å². The zero-order chi connectivity index (χ0) is 28.7. The summed E-state index contributed by atoms with van der Waals surface area (Å²) >= 11 is 0. The Bertz CT molecular complexity index is 1590. The molecule has 8 nitrogen and oxygen atoms in total. The predicted octanol–water partition coefficient (Wildman–Crippen LogP) is 5.15. The van der Waals surface area contributed by atoms with Crippen LogP contribution in [0, 0.1) is 19.7 Å². The van der Waals surface area contributed by atoms with Crippen LogP contribution in [0.5, 0.6) is 5.75 Å². The van der Waals surface area contributed by atoms with E-state index in [1.807, 2.05) is 24.3 Å². The number of amides is 1. The maximum atomic E-state index is 13.8. The van der Waals surface area contributed by atoms with Gasteiger partial charge in [-0.1, -0.05) is 0 Å². The maximum absolute atomic E-state index is 13.8. The Morgan fingerprint density at radius 1 is 0.951 bits per heavy atom. The first kappa shape index (κ1) is 26.7. The van der Waals surface area contributed by atoms with Gasteiger partial charge in [-0.15, -0.1) is 0 Å². The second kappa shape index (κ2) is 10.5. The van der Waals surface area contributed by atoms with Gasteiger partial charge in [0.1, 0.15) is 17.1 Å². The molecule has 2 saturated heterocycles. The first-order valence-corrected chi connectivity index (χ1v) is 13.8. The van der Waals surface area contributed by atoms with E-state index in [2.05, 4.69) is 28.8 Å². The first-order valence-electron chi connectivity index (χ1n) is 13.8. The standard InChI is InChI=1S/C32H32FN5O3/c1-21-18-26(41-3)19-22(2)30(21)37-15-10-29(39)32(37)11-16-36(17-12-32)31(40)27-20-28(23-8-13-34-14-9-23)38(35-27)25-6-4-24(33)5-7-25/h4-9,13-14,18-20H,10-12,15-17H2,1-3H3. The van der Waals surface area contributed by atoms with Crippen LogP contribution in [0.25, 0.3) is 16.9 Å². The highest BCUT2D eigenvalue weighted by atomic mass is 19.1. The summed E-state index contributed by atoms with van der Waals surface area (Å²) in [5.74, 6) is 0.500. The molecular weight excluding hydrogens is 521 g/mol. The average molecular weight is 554 g/mol. The molecule has 0 bridgehead atoms. The number of carbonyl (C=O) groups excluding carboxylic acids is 2. The van der Waals surface area contributed by atoms with E-state index in [1.165, 1.54) is 12.1 Å². The minimum Gasteiger partial charge on any atom is -0.497 e. The fraction of sp³-hybridized carbons (Fsp3) is 0.312. The van der Waals surface area contributed by atoms with E-state index in [1.54, 1.807) is 47.3 Å². The topological polar surface area (TPSA) is 80.6 Å². The number of pyridine rings is 1. The normalized spacial score (nSPS) is 16.4. The highest BCUT2D eigenvalue weighted by Crippen LogP contribution is 2.43. The molecule has 2 fully saturated rings.